The fourth-order valence-corrected chi connectivity index (χ4v) is 1.75. The van der Waals surface area contributed by atoms with Gasteiger partial charge in [0.25, 0.3) is 0 Å². The highest BCUT2D eigenvalue weighted by Gasteiger charge is 2.34. The van der Waals surface area contributed by atoms with E-state index in [1.165, 1.54) is 6.92 Å². The fourth-order valence-electron chi connectivity index (χ4n) is 1.75. The molecule has 72 valence electrons. The van der Waals surface area contributed by atoms with Gasteiger partial charge in [0.05, 0.1) is 6.10 Å². The van der Waals surface area contributed by atoms with Crippen LogP contribution in [0.3, 0.4) is 0 Å². The first kappa shape index (κ1) is 9.43. The molecule has 0 amide bonds. The molecule has 14 heavy (non-hydrogen) atoms. The molecule has 0 bridgehead atoms. The van der Waals surface area contributed by atoms with Crippen molar-refractivity contribution in [3.63, 3.8) is 0 Å². The zero-order chi connectivity index (χ0) is 10.1. The van der Waals surface area contributed by atoms with Gasteiger partial charge in [0.1, 0.15) is 5.78 Å². The number of fused-ring (bicyclic) bond motifs is 1. The first-order valence-electron chi connectivity index (χ1n) is 4.60. The van der Waals surface area contributed by atoms with Crippen LogP contribution >= 0.6 is 0 Å². The molecule has 1 N–H and O–H groups in total. The second kappa shape index (κ2) is 3.56. The van der Waals surface area contributed by atoms with Gasteiger partial charge in [-0.3, -0.25) is 4.79 Å². The lowest BCUT2D eigenvalue weighted by Gasteiger charge is -2.09. The fraction of sp³-hybridized carbons (Fsp3) is 0.300. The molecule has 0 fully saturated rings. The third-order valence-electron chi connectivity index (χ3n) is 2.37. The Morgan fingerprint density at radius 3 is 3.00 bits per heavy atom. The van der Waals surface area contributed by atoms with Gasteiger partial charge in [-0.1, -0.05) is 24.3 Å². The van der Waals surface area contributed by atoms with E-state index in [0.717, 1.165) is 11.0 Å². The van der Waals surface area contributed by atoms with Crippen LogP contribution in [0.5, 0.6) is 0 Å². The molecule has 3 nitrogen and oxygen atoms in total. The van der Waals surface area contributed by atoms with Crippen molar-refractivity contribution in [2.75, 3.05) is 0 Å². The average Bonchev–Trinajstić information content (AvgIpc) is 2.44. The Balaban J connectivity index is 2.29. The van der Waals surface area contributed by atoms with E-state index in [-0.39, 0.29) is 11.9 Å². The van der Waals surface area contributed by atoms with Gasteiger partial charge in [0.15, 0.2) is 0 Å². The normalized spacial score (nSPS) is 19.6. The minimum absolute atomic E-state index is 0.0684. The molecule has 1 heterocycles. The number of hydrogen-bond acceptors (Lipinski definition) is 3. The van der Waals surface area contributed by atoms with Gasteiger partial charge in [0.2, 0.25) is 0 Å². The van der Waals surface area contributed by atoms with E-state index in [2.05, 4.69) is 0 Å². The molecule has 2 rings (SSSR count). The number of benzene rings is 1. The molecule has 0 aliphatic carbocycles. The topological polar surface area (TPSA) is 46.5 Å². The van der Waals surface area contributed by atoms with E-state index >= 15 is 0 Å². The lowest BCUT2D eigenvalue weighted by Crippen LogP contribution is -2.27. The number of carbonyl (C=O) groups excluding carboxylic acids is 1. The molecular formula is C10H11BO3. The molecule has 0 saturated heterocycles. The summed E-state index contributed by atoms with van der Waals surface area (Å²) < 4.78 is 5.28. The van der Waals surface area contributed by atoms with Crippen molar-refractivity contribution in [2.24, 2.45) is 0 Å². The molecule has 4 heteroatoms. The van der Waals surface area contributed by atoms with E-state index in [4.69, 9.17) is 4.65 Å². The summed E-state index contributed by atoms with van der Waals surface area (Å²) in [6.45, 7) is 1.52. The molecule has 1 aromatic carbocycles. The van der Waals surface area contributed by atoms with Crippen LogP contribution in [0.1, 0.15) is 25.0 Å². The largest absolute Gasteiger partial charge is 0.491 e. The van der Waals surface area contributed by atoms with E-state index < -0.39 is 7.12 Å². The highest BCUT2D eigenvalue weighted by molar-refractivity contribution is 6.61. The highest BCUT2D eigenvalue weighted by Crippen LogP contribution is 2.26. The van der Waals surface area contributed by atoms with E-state index in [9.17, 15) is 9.82 Å². The van der Waals surface area contributed by atoms with Crippen LogP contribution in [0.2, 0.25) is 0 Å². The molecule has 0 saturated carbocycles. The van der Waals surface area contributed by atoms with Crippen molar-refractivity contribution in [3.05, 3.63) is 29.8 Å². The maximum Gasteiger partial charge on any atom is 0.491 e. The van der Waals surface area contributed by atoms with Gasteiger partial charge in [0, 0.05) is 6.42 Å². The monoisotopic (exact) mass is 190 g/mol. The predicted molar refractivity (Wildman–Crippen MR) is 53.2 cm³/mol. The lowest BCUT2D eigenvalue weighted by atomic mass is 9.79. The molecule has 0 aromatic heterocycles. The molecule has 1 aliphatic heterocycles. The summed E-state index contributed by atoms with van der Waals surface area (Å²) in [6, 6.07) is 7.44. The van der Waals surface area contributed by atoms with Gasteiger partial charge in [-0.05, 0) is 17.9 Å². The Morgan fingerprint density at radius 2 is 2.29 bits per heavy atom. The number of hydrogen-bond donors (Lipinski definition) is 1. The zero-order valence-electron chi connectivity index (χ0n) is 7.93. The quantitative estimate of drug-likeness (QED) is 0.687. The van der Waals surface area contributed by atoms with Crippen molar-refractivity contribution in [1.82, 2.24) is 0 Å². The summed E-state index contributed by atoms with van der Waals surface area (Å²) in [5, 5.41) is 9.53. The SMILES string of the molecule is CC(=O)C[C@H]1OB(O)c2ccccc21. The number of ketones is 1. The summed E-state index contributed by atoms with van der Waals surface area (Å²) in [6.07, 6.45) is 0.0485. The van der Waals surface area contributed by atoms with E-state index in [1.54, 1.807) is 0 Å². The summed E-state index contributed by atoms with van der Waals surface area (Å²) in [4.78, 5) is 11.0. The second-order valence-electron chi connectivity index (χ2n) is 3.51. The second-order valence-corrected chi connectivity index (χ2v) is 3.51. The van der Waals surface area contributed by atoms with Crippen molar-refractivity contribution < 1.29 is 14.5 Å². The summed E-state index contributed by atoms with van der Waals surface area (Å²) in [7, 11) is -0.879. The van der Waals surface area contributed by atoms with Crippen LogP contribution in [0, 0.1) is 0 Å². The number of Topliss-reactive ketones (excluding diaryl/α,β-unsaturated/α-hetero) is 1. The van der Waals surface area contributed by atoms with Crippen molar-refractivity contribution in [2.45, 2.75) is 19.4 Å². The molecule has 0 spiro atoms. The molecule has 0 unspecified atom stereocenters. The first-order valence-corrected chi connectivity index (χ1v) is 4.60. The van der Waals surface area contributed by atoms with Gasteiger partial charge >= 0.3 is 7.12 Å². The first-order chi connectivity index (χ1) is 6.68. The Hall–Kier alpha value is -1.13. The number of rotatable bonds is 2. The number of carbonyl (C=O) groups is 1. The molecular weight excluding hydrogens is 179 g/mol. The van der Waals surface area contributed by atoms with Crippen LogP contribution < -0.4 is 5.46 Å². The van der Waals surface area contributed by atoms with Gasteiger partial charge in [-0.2, -0.15) is 0 Å². The lowest BCUT2D eigenvalue weighted by molar-refractivity contribution is -0.118. The van der Waals surface area contributed by atoms with Crippen molar-refractivity contribution >= 4 is 18.4 Å². The van der Waals surface area contributed by atoms with Crippen LogP contribution in [-0.2, 0) is 9.45 Å². The zero-order valence-corrected chi connectivity index (χ0v) is 7.93. The van der Waals surface area contributed by atoms with Gasteiger partial charge in [-0.15, -0.1) is 0 Å². The third kappa shape index (κ3) is 1.58. The van der Waals surface area contributed by atoms with Crippen molar-refractivity contribution in [1.29, 1.82) is 0 Å². The third-order valence-corrected chi connectivity index (χ3v) is 2.37. The molecule has 1 aliphatic rings. The Kier molecular flexibility index (Phi) is 2.39. The van der Waals surface area contributed by atoms with Crippen LogP contribution in [0.4, 0.5) is 0 Å². The Morgan fingerprint density at radius 1 is 1.57 bits per heavy atom. The standard InChI is InChI=1S/C10H11BO3/c1-7(12)6-10-8-4-2-3-5-9(8)11(13)14-10/h2-5,10,13H,6H2,1H3/t10-/m1/s1. The molecule has 1 atom stereocenters. The maximum absolute atomic E-state index is 11.0. The summed E-state index contributed by atoms with van der Waals surface area (Å²) >= 11 is 0. The smallest absolute Gasteiger partial charge is 0.423 e. The average molecular weight is 190 g/mol. The van der Waals surface area contributed by atoms with Crippen LogP contribution in [0.15, 0.2) is 24.3 Å². The van der Waals surface area contributed by atoms with Crippen LogP contribution in [-0.4, -0.2) is 17.9 Å². The Bertz CT molecular complexity index is 364. The minimum Gasteiger partial charge on any atom is -0.423 e. The van der Waals surface area contributed by atoms with Crippen molar-refractivity contribution in [3.8, 4) is 0 Å². The predicted octanol–water partition coefficient (Wildman–Crippen LogP) is 0.424. The highest BCUT2D eigenvalue weighted by atomic mass is 16.5. The van der Waals surface area contributed by atoms with E-state index in [1.807, 2.05) is 24.3 Å². The molecule has 1 aromatic rings. The molecule has 0 radical (unpaired) electrons. The van der Waals surface area contributed by atoms with Gasteiger partial charge < -0.3 is 9.68 Å². The van der Waals surface area contributed by atoms with E-state index in [0.29, 0.717) is 6.42 Å². The summed E-state index contributed by atoms with van der Waals surface area (Å²) in [5.74, 6) is 0.0684. The Labute approximate surface area is 82.8 Å². The maximum atomic E-state index is 11.0. The van der Waals surface area contributed by atoms with Gasteiger partial charge in [-0.25, -0.2) is 0 Å². The summed E-state index contributed by atoms with van der Waals surface area (Å²) in [5.41, 5.74) is 1.70. The minimum atomic E-state index is -0.879. The van der Waals surface area contributed by atoms with Crippen LogP contribution in [0.25, 0.3) is 0 Å².